The molecule has 10 heteroatoms. The molecule has 1 aliphatic carbocycles. The van der Waals surface area contributed by atoms with Crippen molar-refractivity contribution in [1.82, 2.24) is 29.6 Å². The fraction of sp³-hybridized carbons (Fsp3) is 0.360. The number of benzene rings is 1. The third-order valence-corrected chi connectivity index (χ3v) is 6.55. The maximum absolute atomic E-state index is 14.8. The second-order valence-electron chi connectivity index (χ2n) is 9.73. The highest BCUT2D eigenvalue weighted by molar-refractivity contribution is 5.77. The van der Waals surface area contributed by atoms with Crippen molar-refractivity contribution in [3.63, 3.8) is 0 Å². The van der Waals surface area contributed by atoms with E-state index in [0.717, 1.165) is 36.9 Å². The molecular weight excluding hydrogens is 449 g/mol. The molecule has 6 rings (SSSR count). The number of pyridine rings is 1. The number of aromatic nitrogens is 5. The summed E-state index contributed by atoms with van der Waals surface area (Å²) in [5.74, 6) is -0.184. The zero-order valence-electron chi connectivity index (χ0n) is 19.5. The lowest BCUT2D eigenvalue weighted by atomic mass is 10.00. The molecule has 1 saturated carbocycles. The quantitative estimate of drug-likeness (QED) is 0.407. The molecule has 1 aromatic carbocycles. The summed E-state index contributed by atoms with van der Waals surface area (Å²) in [6.45, 7) is 4.82. The van der Waals surface area contributed by atoms with E-state index >= 15 is 0 Å². The zero-order chi connectivity index (χ0) is 24.3. The van der Waals surface area contributed by atoms with E-state index in [-0.39, 0.29) is 23.4 Å². The average molecular weight is 476 g/mol. The Labute approximate surface area is 200 Å². The summed E-state index contributed by atoms with van der Waals surface area (Å²) < 4.78 is 18.3. The van der Waals surface area contributed by atoms with Crippen LogP contribution in [-0.2, 0) is 18.6 Å². The number of nitrogens with zero attached hydrogens (tertiary/aromatic N) is 5. The molecule has 1 fully saturated rings. The molecule has 35 heavy (non-hydrogen) atoms. The van der Waals surface area contributed by atoms with Crippen LogP contribution in [0, 0.1) is 5.82 Å². The molecule has 2 aliphatic rings. The second kappa shape index (κ2) is 7.96. The number of hydrogen-bond donors (Lipinski definition) is 3. The number of hydrogen-bond acceptors (Lipinski definition) is 7. The van der Waals surface area contributed by atoms with Crippen LogP contribution in [0.5, 0.6) is 0 Å². The predicted molar refractivity (Wildman–Crippen MR) is 130 cm³/mol. The van der Waals surface area contributed by atoms with E-state index in [9.17, 15) is 14.3 Å². The topological polar surface area (TPSA) is 110 Å². The van der Waals surface area contributed by atoms with E-state index in [1.165, 1.54) is 12.3 Å². The summed E-state index contributed by atoms with van der Waals surface area (Å²) >= 11 is 0. The van der Waals surface area contributed by atoms with Crippen molar-refractivity contribution in [3.05, 3.63) is 69.7 Å². The van der Waals surface area contributed by atoms with Gasteiger partial charge in [-0.2, -0.15) is 4.98 Å². The number of anilines is 2. The summed E-state index contributed by atoms with van der Waals surface area (Å²) in [6.07, 6.45) is 5.70. The second-order valence-corrected chi connectivity index (χ2v) is 9.73. The molecule has 0 saturated heterocycles. The van der Waals surface area contributed by atoms with Gasteiger partial charge in [0.25, 0.3) is 5.56 Å². The summed E-state index contributed by atoms with van der Waals surface area (Å²) in [4.78, 5) is 26.5. The molecule has 3 aromatic heterocycles. The van der Waals surface area contributed by atoms with E-state index in [1.54, 1.807) is 47.6 Å². The molecular formula is C25H26FN7O2. The molecule has 0 unspecified atom stereocenters. The first-order chi connectivity index (χ1) is 16.8. The minimum Gasteiger partial charge on any atom is -0.384 e. The van der Waals surface area contributed by atoms with Crippen molar-refractivity contribution in [2.45, 2.75) is 51.3 Å². The van der Waals surface area contributed by atoms with Crippen molar-refractivity contribution in [2.24, 2.45) is 0 Å². The molecule has 3 N–H and O–H groups in total. The van der Waals surface area contributed by atoms with Crippen molar-refractivity contribution in [2.75, 3.05) is 11.9 Å². The minimum absolute atomic E-state index is 0.0681. The predicted octanol–water partition coefficient (Wildman–Crippen LogP) is 3.07. The van der Waals surface area contributed by atoms with E-state index in [4.69, 9.17) is 0 Å². The van der Waals surface area contributed by atoms with Crippen molar-refractivity contribution < 1.29 is 9.50 Å². The van der Waals surface area contributed by atoms with Gasteiger partial charge < -0.3 is 15.7 Å². The average Bonchev–Trinajstić information content (AvgIpc) is 3.63. The Morgan fingerprint density at radius 1 is 1.20 bits per heavy atom. The van der Waals surface area contributed by atoms with Crippen molar-refractivity contribution >= 4 is 22.7 Å². The van der Waals surface area contributed by atoms with Gasteiger partial charge in [0.2, 0.25) is 5.95 Å². The van der Waals surface area contributed by atoms with Crippen LogP contribution in [0.2, 0.25) is 0 Å². The van der Waals surface area contributed by atoms with Gasteiger partial charge in [0.15, 0.2) is 5.65 Å². The molecule has 4 aromatic rings. The summed E-state index contributed by atoms with van der Waals surface area (Å²) in [5.41, 5.74) is 2.56. The number of aliphatic hydroxyl groups is 1. The SMILES string of the molecule is CC(C)(O)c1cc(-n2c3nc(Nc4cc5c(cc4F)CNCC5)ncc3c(=O)n2C2CC2)ccn1. The van der Waals surface area contributed by atoms with Gasteiger partial charge in [0.05, 0.1) is 23.1 Å². The lowest BCUT2D eigenvalue weighted by Crippen LogP contribution is -2.23. The van der Waals surface area contributed by atoms with Crippen LogP contribution in [-0.4, -0.2) is 36.0 Å². The molecule has 0 atom stereocenters. The fourth-order valence-corrected chi connectivity index (χ4v) is 4.56. The van der Waals surface area contributed by atoms with Gasteiger partial charge in [-0.25, -0.2) is 18.7 Å². The minimum atomic E-state index is -1.15. The monoisotopic (exact) mass is 475 g/mol. The van der Waals surface area contributed by atoms with E-state index in [0.29, 0.717) is 34.6 Å². The van der Waals surface area contributed by atoms with Crippen molar-refractivity contribution in [1.29, 1.82) is 0 Å². The van der Waals surface area contributed by atoms with Gasteiger partial charge in [0, 0.05) is 18.9 Å². The third-order valence-electron chi connectivity index (χ3n) is 6.55. The van der Waals surface area contributed by atoms with Crippen LogP contribution in [0.25, 0.3) is 16.7 Å². The molecule has 0 radical (unpaired) electrons. The summed E-state index contributed by atoms with van der Waals surface area (Å²) in [6, 6.07) is 6.94. The van der Waals surface area contributed by atoms with E-state index in [1.807, 2.05) is 0 Å². The Bertz CT molecular complexity index is 1520. The number of nitrogens with one attached hydrogen (secondary N) is 2. The highest BCUT2D eigenvalue weighted by Gasteiger charge is 2.31. The van der Waals surface area contributed by atoms with Crippen molar-refractivity contribution in [3.8, 4) is 5.69 Å². The lowest BCUT2D eigenvalue weighted by Gasteiger charge is -2.19. The lowest BCUT2D eigenvalue weighted by molar-refractivity contribution is 0.0738. The third kappa shape index (κ3) is 3.88. The summed E-state index contributed by atoms with van der Waals surface area (Å²) in [7, 11) is 0. The highest BCUT2D eigenvalue weighted by Crippen LogP contribution is 2.36. The van der Waals surface area contributed by atoms with Crippen LogP contribution < -0.4 is 16.2 Å². The first kappa shape index (κ1) is 21.9. The number of rotatable bonds is 5. The van der Waals surface area contributed by atoms with Gasteiger partial charge >= 0.3 is 0 Å². The largest absolute Gasteiger partial charge is 0.384 e. The molecule has 180 valence electrons. The molecule has 9 nitrogen and oxygen atoms in total. The first-order valence-electron chi connectivity index (χ1n) is 11.8. The Morgan fingerprint density at radius 2 is 2.03 bits per heavy atom. The van der Waals surface area contributed by atoms with E-state index in [2.05, 4.69) is 25.6 Å². The molecule has 1 aliphatic heterocycles. The maximum Gasteiger partial charge on any atom is 0.278 e. The van der Waals surface area contributed by atoms with Crippen LogP contribution >= 0.6 is 0 Å². The maximum atomic E-state index is 14.8. The van der Waals surface area contributed by atoms with Crippen LogP contribution in [0.15, 0.2) is 41.5 Å². The first-order valence-corrected chi connectivity index (χ1v) is 11.8. The van der Waals surface area contributed by atoms with Gasteiger partial charge in [-0.05, 0) is 75.0 Å². The van der Waals surface area contributed by atoms with Crippen LogP contribution in [0.1, 0.15) is 49.6 Å². The van der Waals surface area contributed by atoms with Gasteiger partial charge in [-0.3, -0.25) is 9.78 Å². The van der Waals surface area contributed by atoms with Gasteiger partial charge in [-0.1, -0.05) is 0 Å². The highest BCUT2D eigenvalue weighted by atomic mass is 19.1. The molecule has 0 spiro atoms. The molecule has 4 heterocycles. The van der Waals surface area contributed by atoms with Crippen LogP contribution in [0.4, 0.5) is 16.0 Å². The zero-order valence-corrected chi connectivity index (χ0v) is 19.5. The number of fused-ring (bicyclic) bond motifs is 2. The fourth-order valence-electron chi connectivity index (χ4n) is 4.56. The standard InChI is InChI=1S/C25H26FN7O2/c1-25(2,35)21-11-17(6-8-28-21)32-22-18(23(34)33(32)16-3-4-16)13-29-24(31-22)30-20-10-14-5-7-27-12-15(14)9-19(20)26/h6,8-11,13,16,27,35H,3-5,7,12H2,1-2H3,(H,29,30,31). The normalized spacial score (nSPS) is 15.9. The van der Waals surface area contributed by atoms with Crippen LogP contribution in [0.3, 0.4) is 0 Å². The van der Waals surface area contributed by atoms with Gasteiger partial charge in [-0.15, -0.1) is 0 Å². The Balaban J connectivity index is 1.48. The molecule has 0 amide bonds. The smallest absolute Gasteiger partial charge is 0.278 e. The van der Waals surface area contributed by atoms with Gasteiger partial charge in [0.1, 0.15) is 16.8 Å². The Kier molecular flexibility index (Phi) is 4.97. The van der Waals surface area contributed by atoms with E-state index < -0.39 is 5.60 Å². The Hall–Kier alpha value is -3.63. The molecule has 0 bridgehead atoms. The number of halogens is 1. The summed E-state index contributed by atoms with van der Waals surface area (Å²) in [5, 5.41) is 17.1. The Morgan fingerprint density at radius 3 is 2.80 bits per heavy atom.